The lowest BCUT2D eigenvalue weighted by molar-refractivity contribution is -0.0113. The SMILES string of the molecule is COc1cccc(C(O)C(O)C(C)C)c1F. The summed E-state index contributed by atoms with van der Waals surface area (Å²) in [5.74, 6) is -0.717. The Morgan fingerprint density at radius 2 is 1.88 bits per heavy atom. The van der Waals surface area contributed by atoms with Gasteiger partial charge in [-0.05, 0) is 12.0 Å². The van der Waals surface area contributed by atoms with Gasteiger partial charge in [-0.15, -0.1) is 0 Å². The summed E-state index contributed by atoms with van der Waals surface area (Å²) in [6, 6.07) is 4.48. The molecule has 0 spiro atoms. The van der Waals surface area contributed by atoms with Gasteiger partial charge in [-0.1, -0.05) is 26.0 Å². The maximum absolute atomic E-state index is 13.8. The number of aliphatic hydroxyl groups is 2. The van der Waals surface area contributed by atoms with Gasteiger partial charge in [0.2, 0.25) is 0 Å². The van der Waals surface area contributed by atoms with Gasteiger partial charge in [0.05, 0.1) is 13.2 Å². The Hall–Kier alpha value is -1.13. The molecule has 1 aromatic rings. The van der Waals surface area contributed by atoms with Crippen molar-refractivity contribution in [3.63, 3.8) is 0 Å². The molecule has 0 saturated carbocycles. The lowest BCUT2D eigenvalue weighted by atomic mass is 9.96. The van der Waals surface area contributed by atoms with E-state index in [2.05, 4.69) is 0 Å². The van der Waals surface area contributed by atoms with Crippen molar-refractivity contribution in [1.82, 2.24) is 0 Å². The van der Waals surface area contributed by atoms with Gasteiger partial charge in [-0.3, -0.25) is 0 Å². The summed E-state index contributed by atoms with van der Waals surface area (Å²) in [4.78, 5) is 0. The Bertz CT molecular complexity index is 352. The third kappa shape index (κ3) is 2.51. The summed E-state index contributed by atoms with van der Waals surface area (Å²) in [5.41, 5.74) is 0.0561. The molecular formula is C12H17FO3. The second-order valence-electron chi connectivity index (χ2n) is 4.04. The van der Waals surface area contributed by atoms with Crippen LogP contribution in [0.25, 0.3) is 0 Å². The van der Waals surface area contributed by atoms with E-state index in [1.54, 1.807) is 19.9 Å². The van der Waals surface area contributed by atoms with Crippen LogP contribution in [0.15, 0.2) is 18.2 Å². The van der Waals surface area contributed by atoms with Gasteiger partial charge in [0.15, 0.2) is 11.6 Å². The van der Waals surface area contributed by atoms with Gasteiger partial charge in [0, 0.05) is 5.56 Å². The average Bonchev–Trinajstić information content (AvgIpc) is 2.27. The molecule has 3 nitrogen and oxygen atoms in total. The highest BCUT2D eigenvalue weighted by atomic mass is 19.1. The van der Waals surface area contributed by atoms with E-state index in [0.29, 0.717) is 0 Å². The van der Waals surface area contributed by atoms with Crippen LogP contribution in [-0.4, -0.2) is 23.4 Å². The Balaban J connectivity index is 3.04. The van der Waals surface area contributed by atoms with E-state index in [9.17, 15) is 14.6 Å². The summed E-state index contributed by atoms with van der Waals surface area (Å²) in [6.45, 7) is 3.51. The molecule has 16 heavy (non-hydrogen) atoms. The third-order valence-electron chi connectivity index (χ3n) is 2.54. The first-order valence-electron chi connectivity index (χ1n) is 5.17. The third-order valence-corrected chi connectivity index (χ3v) is 2.54. The largest absolute Gasteiger partial charge is 0.494 e. The maximum Gasteiger partial charge on any atom is 0.170 e. The molecule has 2 N–H and O–H groups in total. The number of methoxy groups -OCH3 is 1. The van der Waals surface area contributed by atoms with Gasteiger partial charge >= 0.3 is 0 Å². The van der Waals surface area contributed by atoms with E-state index >= 15 is 0 Å². The lowest BCUT2D eigenvalue weighted by Gasteiger charge is -2.22. The van der Waals surface area contributed by atoms with Crippen LogP contribution >= 0.6 is 0 Å². The van der Waals surface area contributed by atoms with Crippen molar-refractivity contribution in [3.8, 4) is 5.75 Å². The number of hydrogen-bond donors (Lipinski definition) is 2. The Kier molecular flexibility index (Phi) is 4.26. The van der Waals surface area contributed by atoms with Crippen LogP contribution in [-0.2, 0) is 0 Å². The topological polar surface area (TPSA) is 49.7 Å². The van der Waals surface area contributed by atoms with Crippen molar-refractivity contribution in [1.29, 1.82) is 0 Å². The first-order chi connectivity index (χ1) is 7.49. The minimum atomic E-state index is -1.24. The van der Waals surface area contributed by atoms with Crippen molar-refractivity contribution in [2.24, 2.45) is 5.92 Å². The number of benzene rings is 1. The Morgan fingerprint density at radius 3 is 2.38 bits per heavy atom. The second-order valence-corrected chi connectivity index (χ2v) is 4.04. The predicted octanol–water partition coefficient (Wildman–Crippen LogP) is 1.88. The molecule has 1 aromatic carbocycles. The van der Waals surface area contributed by atoms with Crippen LogP contribution in [0.1, 0.15) is 25.5 Å². The summed E-state index contributed by atoms with van der Waals surface area (Å²) in [7, 11) is 1.35. The summed E-state index contributed by atoms with van der Waals surface area (Å²) < 4.78 is 18.6. The van der Waals surface area contributed by atoms with Crippen molar-refractivity contribution < 1.29 is 19.3 Å². The summed E-state index contributed by atoms with van der Waals surface area (Å²) in [6.07, 6.45) is -2.24. The second kappa shape index (κ2) is 5.27. The number of hydrogen-bond acceptors (Lipinski definition) is 3. The number of rotatable bonds is 4. The van der Waals surface area contributed by atoms with E-state index in [0.717, 1.165) is 0 Å². The monoisotopic (exact) mass is 228 g/mol. The van der Waals surface area contributed by atoms with Crippen LogP contribution in [0.5, 0.6) is 5.75 Å². The van der Waals surface area contributed by atoms with E-state index in [1.165, 1.54) is 19.2 Å². The van der Waals surface area contributed by atoms with E-state index in [4.69, 9.17) is 4.74 Å². The minimum Gasteiger partial charge on any atom is -0.494 e. The Labute approximate surface area is 94.5 Å². The molecule has 0 heterocycles. The number of aliphatic hydroxyl groups excluding tert-OH is 2. The molecule has 4 heteroatoms. The van der Waals surface area contributed by atoms with Crippen molar-refractivity contribution in [2.45, 2.75) is 26.1 Å². The first-order valence-corrected chi connectivity index (χ1v) is 5.17. The highest BCUT2D eigenvalue weighted by molar-refractivity contribution is 5.32. The van der Waals surface area contributed by atoms with Crippen molar-refractivity contribution in [2.75, 3.05) is 7.11 Å². The van der Waals surface area contributed by atoms with Crippen LogP contribution in [0, 0.1) is 11.7 Å². The molecule has 0 aliphatic rings. The van der Waals surface area contributed by atoms with Gasteiger partial charge in [0.25, 0.3) is 0 Å². The zero-order valence-corrected chi connectivity index (χ0v) is 9.64. The molecule has 0 radical (unpaired) electrons. The van der Waals surface area contributed by atoms with Gasteiger partial charge < -0.3 is 14.9 Å². The molecule has 2 unspecified atom stereocenters. The maximum atomic E-state index is 13.8. The van der Waals surface area contributed by atoms with Gasteiger partial charge in [-0.25, -0.2) is 4.39 Å². The normalized spacial score (nSPS) is 14.9. The zero-order valence-electron chi connectivity index (χ0n) is 9.64. The minimum absolute atomic E-state index is 0.0561. The van der Waals surface area contributed by atoms with Crippen LogP contribution in [0.3, 0.4) is 0 Å². The van der Waals surface area contributed by atoms with Crippen LogP contribution in [0.2, 0.25) is 0 Å². The van der Waals surface area contributed by atoms with Crippen LogP contribution in [0.4, 0.5) is 4.39 Å². The smallest absolute Gasteiger partial charge is 0.170 e. The zero-order chi connectivity index (χ0) is 12.3. The fourth-order valence-corrected chi connectivity index (χ4v) is 1.46. The molecule has 0 amide bonds. The summed E-state index contributed by atoms with van der Waals surface area (Å²) in [5, 5.41) is 19.5. The predicted molar refractivity (Wildman–Crippen MR) is 58.8 cm³/mol. The first kappa shape index (κ1) is 12.9. The number of ether oxygens (including phenoxy) is 1. The van der Waals surface area contributed by atoms with E-state index in [-0.39, 0.29) is 17.2 Å². The highest BCUT2D eigenvalue weighted by Crippen LogP contribution is 2.28. The molecule has 0 saturated heterocycles. The fraction of sp³-hybridized carbons (Fsp3) is 0.500. The molecule has 1 rings (SSSR count). The van der Waals surface area contributed by atoms with Gasteiger partial charge in [-0.2, -0.15) is 0 Å². The molecule has 0 aliphatic heterocycles. The summed E-state index contributed by atoms with van der Waals surface area (Å²) >= 11 is 0. The molecule has 2 atom stereocenters. The number of halogens is 1. The van der Waals surface area contributed by atoms with Gasteiger partial charge in [0.1, 0.15) is 6.10 Å². The van der Waals surface area contributed by atoms with E-state index < -0.39 is 18.0 Å². The molecule has 0 aromatic heterocycles. The van der Waals surface area contributed by atoms with Crippen molar-refractivity contribution in [3.05, 3.63) is 29.6 Å². The quantitative estimate of drug-likeness (QED) is 0.827. The highest BCUT2D eigenvalue weighted by Gasteiger charge is 2.25. The Morgan fingerprint density at radius 1 is 1.25 bits per heavy atom. The van der Waals surface area contributed by atoms with Crippen LogP contribution < -0.4 is 4.74 Å². The molecule has 0 fully saturated rings. The lowest BCUT2D eigenvalue weighted by Crippen LogP contribution is -2.24. The molecule has 0 aliphatic carbocycles. The molecule has 90 valence electrons. The fourth-order valence-electron chi connectivity index (χ4n) is 1.46. The van der Waals surface area contributed by atoms with E-state index in [1.807, 2.05) is 0 Å². The molecular weight excluding hydrogens is 211 g/mol. The van der Waals surface area contributed by atoms with Crippen molar-refractivity contribution >= 4 is 0 Å². The average molecular weight is 228 g/mol. The standard InChI is InChI=1S/C12H17FO3/c1-7(2)11(14)12(15)8-5-4-6-9(16-3)10(8)13/h4-7,11-12,14-15H,1-3H3. The molecule has 0 bridgehead atoms.